The third kappa shape index (κ3) is 2.69. The molecular weight excluding hydrogens is 272 g/mol. The molecule has 3 rings (SSSR count). The first-order chi connectivity index (χ1) is 10.3. The first-order valence-electron chi connectivity index (χ1n) is 6.28. The number of aromatic nitrogens is 2. The number of hydrogen-bond acceptors (Lipinski definition) is 6. The highest BCUT2D eigenvalue weighted by atomic mass is 16.5. The second-order valence-corrected chi connectivity index (χ2v) is 4.28. The number of esters is 1. The van der Waals surface area contributed by atoms with Crippen LogP contribution in [0.4, 0.5) is 0 Å². The summed E-state index contributed by atoms with van der Waals surface area (Å²) in [5.74, 6) is 0.542. The van der Waals surface area contributed by atoms with Crippen LogP contribution in [0.15, 0.2) is 47.0 Å². The van der Waals surface area contributed by atoms with E-state index in [2.05, 4.69) is 14.9 Å². The van der Waals surface area contributed by atoms with Gasteiger partial charge in [0.2, 0.25) is 11.6 Å². The standard InChI is InChI=1S/C15H12N2O4/c1-19-15(18)13-7-6-11(21-13)9-20-14-12-5-3-2-4-10(12)8-16-17-14/h2-8H,9H2,1H3. The van der Waals surface area contributed by atoms with Gasteiger partial charge in [-0.15, -0.1) is 5.10 Å². The van der Waals surface area contributed by atoms with E-state index in [0.717, 1.165) is 10.8 Å². The molecule has 0 spiro atoms. The van der Waals surface area contributed by atoms with Crippen molar-refractivity contribution in [2.75, 3.05) is 7.11 Å². The summed E-state index contributed by atoms with van der Waals surface area (Å²) in [4.78, 5) is 11.3. The third-order valence-electron chi connectivity index (χ3n) is 2.94. The zero-order chi connectivity index (χ0) is 14.7. The van der Waals surface area contributed by atoms with Crippen LogP contribution in [-0.4, -0.2) is 23.3 Å². The average molecular weight is 284 g/mol. The molecular formula is C15H12N2O4. The van der Waals surface area contributed by atoms with Crippen LogP contribution < -0.4 is 4.74 Å². The number of methoxy groups -OCH3 is 1. The first kappa shape index (κ1) is 13.1. The van der Waals surface area contributed by atoms with E-state index < -0.39 is 5.97 Å². The van der Waals surface area contributed by atoms with Gasteiger partial charge in [0.1, 0.15) is 12.4 Å². The predicted molar refractivity (Wildman–Crippen MR) is 73.9 cm³/mol. The molecule has 0 aliphatic heterocycles. The van der Waals surface area contributed by atoms with Crippen molar-refractivity contribution >= 4 is 16.7 Å². The Kier molecular flexibility index (Phi) is 3.51. The topological polar surface area (TPSA) is 74.5 Å². The Morgan fingerprint density at radius 2 is 2.10 bits per heavy atom. The van der Waals surface area contributed by atoms with Crippen LogP contribution in [0.1, 0.15) is 16.3 Å². The Balaban J connectivity index is 1.77. The highest BCUT2D eigenvalue weighted by Crippen LogP contribution is 2.22. The molecule has 0 unspecified atom stereocenters. The maximum Gasteiger partial charge on any atom is 0.373 e. The largest absolute Gasteiger partial charge is 0.468 e. The lowest BCUT2D eigenvalue weighted by Crippen LogP contribution is -2.00. The van der Waals surface area contributed by atoms with Gasteiger partial charge in [0.15, 0.2) is 0 Å². The molecule has 106 valence electrons. The monoisotopic (exact) mass is 284 g/mol. The second kappa shape index (κ2) is 5.62. The molecule has 0 N–H and O–H groups in total. The van der Waals surface area contributed by atoms with Crippen molar-refractivity contribution in [2.45, 2.75) is 6.61 Å². The predicted octanol–water partition coefficient (Wildman–Crippen LogP) is 2.59. The first-order valence-corrected chi connectivity index (χ1v) is 6.28. The van der Waals surface area contributed by atoms with E-state index >= 15 is 0 Å². The van der Waals surface area contributed by atoms with Gasteiger partial charge in [0, 0.05) is 10.8 Å². The smallest absolute Gasteiger partial charge is 0.373 e. The van der Waals surface area contributed by atoms with E-state index in [4.69, 9.17) is 9.15 Å². The van der Waals surface area contributed by atoms with Gasteiger partial charge >= 0.3 is 5.97 Å². The molecule has 0 fully saturated rings. The van der Waals surface area contributed by atoms with Crippen LogP contribution in [0.5, 0.6) is 5.88 Å². The summed E-state index contributed by atoms with van der Waals surface area (Å²) < 4.78 is 15.5. The summed E-state index contributed by atoms with van der Waals surface area (Å²) in [6.07, 6.45) is 1.67. The van der Waals surface area contributed by atoms with E-state index in [1.165, 1.54) is 7.11 Å². The van der Waals surface area contributed by atoms with Crippen LogP contribution >= 0.6 is 0 Å². The molecule has 0 saturated heterocycles. The Bertz CT molecular complexity index is 777. The number of fused-ring (bicyclic) bond motifs is 1. The molecule has 6 nitrogen and oxygen atoms in total. The highest BCUT2D eigenvalue weighted by Gasteiger charge is 2.12. The number of ether oxygens (including phenoxy) is 2. The summed E-state index contributed by atoms with van der Waals surface area (Å²) in [6, 6.07) is 10.9. The number of nitrogens with zero attached hydrogens (tertiary/aromatic N) is 2. The number of carbonyl (C=O) groups is 1. The van der Waals surface area contributed by atoms with E-state index in [1.807, 2.05) is 24.3 Å². The fourth-order valence-electron chi connectivity index (χ4n) is 1.91. The minimum atomic E-state index is -0.522. The summed E-state index contributed by atoms with van der Waals surface area (Å²) in [6.45, 7) is 0.152. The zero-order valence-corrected chi connectivity index (χ0v) is 11.3. The molecule has 2 aromatic heterocycles. The van der Waals surface area contributed by atoms with Crippen molar-refractivity contribution in [2.24, 2.45) is 0 Å². The van der Waals surface area contributed by atoms with Crippen LogP contribution in [0, 0.1) is 0 Å². The quantitative estimate of drug-likeness (QED) is 0.685. The molecule has 0 amide bonds. The van der Waals surface area contributed by atoms with Crippen molar-refractivity contribution in [3.8, 4) is 5.88 Å². The summed E-state index contributed by atoms with van der Waals surface area (Å²) in [7, 11) is 1.30. The average Bonchev–Trinajstić information content (AvgIpc) is 3.01. The van der Waals surface area contributed by atoms with Crippen LogP contribution in [-0.2, 0) is 11.3 Å². The fraction of sp³-hybridized carbons (Fsp3) is 0.133. The minimum Gasteiger partial charge on any atom is -0.468 e. The molecule has 6 heteroatoms. The van der Waals surface area contributed by atoms with Gasteiger partial charge in [0.25, 0.3) is 0 Å². The second-order valence-electron chi connectivity index (χ2n) is 4.28. The van der Waals surface area contributed by atoms with Crippen LogP contribution in [0.3, 0.4) is 0 Å². The molecule has 0 bridgehead atoms. The molecule has 0 aliphatic rings. The highest BCUT2D eigenvalue weighted by molar-refractivity contribution is 5.86. The van der Waals surface area contributed by atoms with E-state index in [9.17, 15) is 4.79 Å². The van der Waals surface area contributed by atoms with E-state index in [-0.39, 0.29) is 12.4 Å². The van der Waals surface area contributed by atoms with Crippen molar-refractivity contribution in [3.05, 3.63) is 54.1 Å². The molecule has 0 atom stereocenters. The summed E-state index contributed by atoms with van der Waals surface area (Å²) >= 11 is 0. The number of furan rings is 1. The minimum absolute atomic E-state index is 0.139. The van der Waals surface area contributed by atoms with Crippen molar-refractivity contribution < 1.29 is 18.7 Å². The summed E-state index contributed by atoms with van der Waals surface area (Å²) in [5.41, 5.74) is 0. The molecule has 2 heterocycles. The molecule has 0 aliphatic carbocycles. The van der Waals surface area contributed by atoms with E-state index in [0.29, 0.717) is 11.6 Å². The zero-order valence-electron chi connectivity index (χ0n) is 11.3. The Hall–Kier alpha value is -2.89. The van der Waals surface area contributed by atoms with Gasteiger partial charge in [0.05, 0.1) is 13.3 Å². The van der Waals surface area contributed by atoms with Crippen molar-refractivity contribution in [1.82, 2.24) is 10.2 Å². The van der Waals surface area contributed by atoms with E-state index in [1.54, 1.807) is 18.3 Å². The number of rotatable bonds is 4. The number of carbonyl (C=O) groups excluding carboxylic acids is 1. The molecule has 0 radical (unpaired) electrons. The van der Waals surface area contributed by atoms with Gasteiger partial charge in [-0.05, 0) is 18.2 Å². The third-order valence-corrected chi connectivity index (χ3v) is 2.94. The molecule has 3 aromatic rings. The summed E-state index contributed by atoms with van der Waals surface area (Å²) in [5, 5.41) is 9.68. The van der Waals surface area contributed by atoms with Gasteiger partial charge in [-0.3, -0.25) is 0 Å². The Morgan fingerprint density at radius 3 is 2.95 bits per heavy atom. The number of hydrogen-bond donors (Lipinski definition) is 0. The lowest BCUT2D eigenvalue weighted by molar-refractivity contribution is 0.0561. The molecule has 1 aromatic carbocycles. The maximum absolute atomic E-state index is 11.3. The van der Waals surface area contributed by atoms with Gasteiger partial charge in [-0.25, -0.2) is 4.79 Å². The maximum atomic E-state index is 11.3. The Labute approximate surface area is 120 Å². The fourth-order valence-corrected chi connectivity index (χ4v) is 1.91. The van der Waals surface area contributed by atoms with Crippen LogP contribution in [0.25, 0.3) is 10.8 Å². The van der Waals surface area contributed by atoms with Gasteiger partial charge in [-0.1, -0.05) is 18.2 Å². The lowest BCUT2D eigenvalue weighted by atomic mass is 10.2. The van der Waals surface area contributed by atoms with Gasteiger partial charge < -0.3 is 13.9 Å². The van der Waals surface area contributed by atoms with Gasteiger partial charge in [-0.2, -0.15) is 5.10 Å². The lowest BCUT2D eigenvalue weighted by Gasteiger charge is -2.05. The van der Waals surface area contributed by atoms with Crippen molar-refractivity contribution in [1.29, 1.82) is 0 Å². The SMILES string of the molecule is COC(=O)c1ccc(COc2nncc3ccccc23)o1. The molecule has 0 saturated carbocycles. The van der Waals surface area contributed by atoms with Crippen molar-refractivity contribution in [3.63, 3.8) is 0 Å². The Morgan fingerprint density at radius 1 is 1.24 bits per heavy atom. The molecule has 21 heavy (non-hydrogen) atoms. The number of benzene rings is 1. The van der Waals surface area contributed by atoms with Crippen LogP contribution in [0.2, 0.25) is 0 Å². The normalized spacial score (nSPS) is 10.5.